The molecule has 0 atom stereocenters. The van der Waals surface area contributed by atoms with Crippen molar-refractivity contribution >= 4 is 28.8 Å². The predicted molar refractivity (Wildman–Crippen MR) is 137 cm³/mol. The number of carbonyl (C=O) groups excluding carboxylic acids is 2. The van der Waals surface area contributed by atoms with Gasteiger partial charge in [-0.3, -0.25) is 9.59 Å². The van der Waals surface area contributed by atoms with E-state index in [1.54, 1.807) is 0 Å². The summed E-state index contributed by atoms with van der Waals surface area (Å²) in [7, 11) is 0. The number of amides is 2. The van der Waals surface area contributed by atoms with Crippen molar-refractivity contribution < 1.29 is 14.3 Å². The lowest BCUT2D eigenvalue weighted by Gasteiger charge is -2.17. The maximum absolute atomic E-state index is 13.7. The summed E-state index contributed by atoms with van der Waals surface area (Å²) in [5, 5.41) is 3.26. The lowest BCUT2D eigenvalue weighted by molar-refractivity contribution is -0.120. The Balaban J connectivity index is 1.80. The van der Waals surface area contributed by atoms with Gasteiger partial charge in [-0.1, -0.05) is 24.3 Å². The van der Waals surface area contributed by atoms with Crippen molar-refractivity contribution in [1.29, 1.82) is 0 Å². The van der Waals surface area contributed by atoms with Gasteiger partial charge < -0.3 is 10.1 Å². The summed E-state index contributed by atoms with van der Waals surface area (Å²) in [6.07, 6.45) is 0.0433. The molecule has 2 amide bonds. The van der Waals surface area contributed by atoms with E-state index in [1.807, 2.05) is 96.1 Å². The Kier molecular flexibility index (Phi) is 6.29. The fraction of sp³-hybridized carbons (Fsp3) is 0.241. The van der Waals surface area contributed by atoms with Crippen molar-refractivity contribution in [3.05, 3.63) is 94.2 Å². The van der Waals surface area contributed by atoms with Gasteiger partial charge in [0.1, 0.15) is 11.4 Å². The van der Waals surface area contributed by atoms with Crippen molar-refractivity contribution in [3.63, 3.8) is 0 Å². The van der Waals surface area contributed by atoms with Gasteiger partial charge in [0.15, 0.2) is 0 Å². The zero-order valence-electron chi connectivity index (χ0n) is 20.5. The lowest BCUT2D eigenvalue weighted by atomic mass is 10.0. The summed E-state index contributed by atoms with van der Waals surface area (Å²) in [5.41, 5.74) is 6.87. The number of aryl methyl sites for hydroxylation is 4. The summed E-state index contributed by atoms with van der Waals surface area (Å²) >= 11 is 0. The molecule has 1 heterocycles. The summed E-state index contributed by atoms with van der Waals surface area (Å²) < 4.78 is 5.75. The van der Waals surface area contributed by atoms with Crippen LogP contribution in [0, 0.1) is 27.7 Å². The van der Waals surface area contributed by atoms with Crippen LogP contribution in [0.3, 0.4) is 0 Å². The first-order valence-corrected chi connectivity index (χ1v) is 11.5. The molecule has 3 aromatic carbocycles. The minimum Gasteiger partial charge on any atom is -0.491 e. The number of carbonyl (C=O) groups is 2. The first-order chi connectivity index (χ1) is 16.1. The van der Waals surface area contributed by atoms with Crippen LogP contribution < -0.4 is 15.0 Å². The second-order valence-electron chi connectivity index (χ2n) is 9.16. The standard InChI is InChI=1S/C29H30N2O3/c1-17(2)34-25-11-8-22(9-12-25)26-27(30-23-14-18(3)13-19(4)15-23)29(33)31(28(26)32)24-10-7-20(5)21(6)16-24/h7-17,30H,1-6H3. The first-order valence-electron chi connectivity index (χ1n) is 11.5. The normalized spacial score (nSPS) is 13.8. The summed E-state index contributed by atoms with van der Waals surface area (Å²) in [4.78, 5) is 28.6. The average molecular weight is 455 g/mol. The van der Waals surface area contributed by atoms with Crippen LogP contribution in [0.25, 0.3) is 5.57 Å². The van der Waals surface area contributed by atoms with Crippen molar-refractivity contribution in [2.75, 3.05) is 10.2 Å². The van der Waals surface area contributed by atoms with Crippen LogP contribution in [0.15, 0.2) is 66.4 Å². The molecule has 4 rings (SSSR count). The number of imide groups is 1. The van der Waals surface area contributed by atoms with Crippen molar-refractivity contribution in [2.24, 2.45) is 0 Å². The van der Waals surface area contributed by atoms with E-state index in [0.717, 1.165) is 27.9 Å². The Morgan fingerprint density at radius 2 is 1.41 bits per heavy atom. The molecule has 0 aliphatic carbocycles. The zero-order chi connectivity index (χ0) is 24.6. The highest BCUT2D eigenvalue weighted by Gasteiger charge is 2.40. The minimum atomic E-state index is -0.370. The number of benzene rings is 3. The molecule has 174 valence electrons. The van der Waals surface area contributed by atoms with Crippen molar-refractivity contribution in [2.45, 2.75) is 47.6 Å². The van der Waals surface area contributed by atoms with Gasteiger partial charge in [-0.05, 0) is 106 Å². The van der Waals surface area contributed by atoms with E-state index < -0.39 is 0 Å². The molecular formula is C29H30N2O3. The van der Waals surface area contributed by atoms with E-state index in [9.17, 15) is 9.59 Å². The third-order valence-electron chi connectivity index (χ3n) is 5.84. The van der Waals surface area contributed by atoms with E-state index >= 15 is 0 Å². The number of hydrogen-bond donors (Lipinski definition) is 1. The highest BCUT2D eigenvalue weighted by Crippen LogP contribution is 2.35. The molecule has 34 heavy (non-hydrogen) atoms. The highest BCUT2D eigenvalue weighted by molar-refractivity contribution is 6.46. The summed E-state index contributed by atoms with van der Waals surface area (Å²) in [6, 6.07) is 18.9. The lowest BCUT2D eigenvalue weighted by Crippen LogP contribution is -2.32. The third-order valence-corrected chi connectivity index (χ3v) is 5.84. The minimum absolute atomic E-state index is 0.0433. The van der Waals surface area contributed by atoms with E-state index in [2.05, 4.69) is 11.4 Å². The smallest absolute Gasteiger partial charge is 0.282 e. The molecule has 0 unspecified atom stereocenters. The van der Waals surface area contributed by atoms with Crippen LogP contribution in [-0.2, 0) is 9.59 Å². The first kappa shape index (κ1) is 23.3. The number of nitrogens with zero attached hydrogens (tertiary/aromatic N) is 1. The van der Waals surface area contributed by atoms with Gasteiger partial charge in [0.2, 0.25) is 0 Å². The Labute approximate surface area is 201 Å². The van der Waals surface area contributed by atoms with Crippen LogP contribution in [-0.4, -0.2) is 17.9 Å². The molecule has 1 aliphatic rings. The number of rotatable bonds is 6. The third kappa shape index (κ3) is 4.60. The van der Waals surface area contributed by atoms with Crippen molar-refractivity contribution in [3.8, 4) is 5.75 Å². The molecule has 3 aromatic rings. The summed E-state index contributed by atoms with van der Waals surface area (Å²) in [5.74, 6) is -0.00599. The molecule has 1 N–H and O–H groups in total. The Morgan fingerprint density at radius 1 is 0.765 bits per heavy atom. The van der Waals surface area contributed by atoms with Crippen LogP contribution in [0.5, 0.6) is 5.75 Å². The average Bonchev–Trinajstić information content (AvgIpc) is 2.99. The Hall–Kier alpha value is -3.86. The second-order valence-corrected chi connectivity index (χ2v) is 9.16. The highest BCUT2D eigenvalue weighted by atomic mass is 16.5. The molecule has 0 aromatic heterocycles. The monoisotopic (exact) mass is 454 g/mol. The molecule has 0 saturated carbocycles. The fourth-order valence-electron chi connectivity index (χ4n) is 4.18. The fourth-order valence-corrected chi connectivity index (χ4v) is 4.18. The van der Waals surface area contributed by atoms with Crippen molar-refractivity contribution in [1.82, 2.24) is 0 Å². The molecular weight excluding hydrogens is 424 g/mol. The number of ether oxygens (including phenoxy) is 1. The molecule has 0 radical (unpaired) electrons. The quantitative estimate of drug-likeness (QED) is 0.457. The van der Waals surface area contributed by atoms with Gasteiger partial charge in [0.25, 0.3) is 11.8 Å². The van der Waals surface area contributed by atoms with Gasteiger partial charge in [-0.25, -0.2) is 4.90 Å². The SMILES string of the molecule is Cc1cc(C)cc(NC2=C(c3ccc(OC(C)C)cc3)C(=O)N(c3ccc(C)c(C)c3)C2=O)c1. The van der Waals surface area contributed by atoms with Gasteiger partial charge in [0, 0.05) is 5.69 Å². The predicted octanol–water partition coefficient (Wildman–Crippen LogP) is 6.10. The Morgan fingerprint density at radius 3 is 2.00 bits per heavy atom. The van der Waals surface area contributed by atoms with Gasteiger partial charge in [0.05, 0.1) is 17.4 Å². The van der Waals surface area contributed by atoms with E-state index in [0.29, 0.717) is 22.6 Å². The molecule has 0 bridgehead atoms. The largest absolute Gasteiger partial charge is 0.491 e. The van der Waals surface area contributed by atoms with E-state index in [-0.39, 0.29) is 23.6 Å². The molecule has 0 fully saturated rings. The van der Waals surface area contributed by atoms with E-state index in [4.69, 9.17) is 4.74 Å². The summed E-state index contributed by atoms with van der Waals surface area (Å²) in [6.45, 7) is 11.9. The number of nitrogens with one attached hydrogen (secondary N) is 1. The molecule has 0 spiro atoms. The van der Waals surface area contributed by atoms with Gasteiger partial charge >= 0.3 is 0 Å². The Bertz CT molecular complexity index is 1280. The number of hydrogen-bond acceptors (Lipinski definition) is 4. The van der Waals surface area contributed by atoms with Crippen LogP contribution in [0.4, 0.5) is 11.4 Å². The molecule has 0 saturated heterocycles. The van der Waals surface area contributed by atoms with Crippen LogP contribution in [0.2, 0.25) is 0 Å². The van der Waals surface area contributed by atoms with Crippen LogP contribution in [0.1, 0.15) is 41.7 Å². The molecule has 5 nitrogen and oxygen atoms in total. The van der Waals surface area contributed by atoms with Crippen LogP contribution >= 0.6 is 0 Å². The molecule has 5 heteroatoms. The maximum atomic E-state index is 13.7. The second kappa shape index (κ2) is 9.18. The van der Waals surface area contributed by atoms with Gasteiger partial charge in [-0.2, -0.15) is 0 Å². The van der Waals surface area contributed by atoms with Gasteiger partial charge in [-0.15, -0.1) is 0 Å². The molecule has 1 aliphatic heterocycles. The van der Waals surface area contributed by atoms with E-state index in [1.165, 1.54) is 4.90 Å². The maximum Gasteiger partial charge on any atom is 0.282 e. The topological polar surface area (TPSA) is 58.6 Å². The number of anilines is 2. The zero-order valence-corrected chi connectivity index (χ0v) is 20.5.